The zero-order valence-corrected chi connectivity index (χ0v) is 13.2. The maximum atomic E-state index is 14.4. The number of hydrogen-bond acceptors (Lipinski definition) is 4. The van der Waals surface area contributed by atoms with Gasteiger partial charge < -0.3 is 9.84 Å². The molecule has 0 radical (unpaired) electrons. The number of aryl methyl sites for hydroxylation is 1. The first kappa shape index (κ1) is 14.1. The highest BCUT2D eigenvalue weighted by Gasteiger charge is 2.54. The third-order valence-corrected chi connectivity index (χ3v) is 5.26. The standard InChI is InChI=1S/C18H16FN3O2/c1-22-16-5-10(4-15(19)13(16)8-21-22)11-6-20-7-12-14(11)9-24-18(2-3-18)17(12)23/h4-8,17,23H,2-3,9H2,1H3. The Morgan fingerprint density at radius 2 is 2.12 bits per heavy atom. The van der Waals surface area contributed by atoms with Gasteiger partial charge in [0.2, 0.25) is 0 Å². The number of nitrogens with zero attached hydrogens (tertiary/aromatic N) is 3. The molecule has 0 amide bonds. The molecular weight excluding hydrogens is 309 g/mol. The predicted octanol–water partition coefficient (Wildman–Crippen LogP) is 2.87. The Kier molecular flexibility index (Phi) is 2.71. The summed E-state index contributed by atoms with van der Waals surface area (Å²) >= 11 is 0. The summed E-state index contributed by atoms with van der Waals surface area (Å²) in [6, 6.07) is 3.39. The molecule has 1 aliphatic carbocycles. The van der Waals surface area contributed by atoms with Crippen LogP contribution in [-0.4, -0.2) is 25.5 Å². The summed E-state index contributed by atoms with van der Waals surface area (Å²) in [7, 11) is 1.79. The van der Waals surface area contributed by atoms with E-state index in [0.29, 0.717) is 12.0 Å². The van der Waals surface area contributed by atoms with Crippen LogP contribution in [0.5, 0.6) is 0 Å². The molecule has 1 aliphatic heterocycles. The fourth-order valence-electron chi connectivity index (χ4n) is 3.63. The minimum atomic E-state index is -0.668. The normalized spacial score (nSPS) is 21.2. The monoisotopic (exact) mass is 325 g/mol. The number of benzene rings is 1. The fraction of sp³-hybridized carbons (Fsp3) is 0.333. The van der Waals surface area contributed by atoms with Crippen molar-refractivity contribution in [2.45, 2.75) is 31.2 Å². The van der Waals surface area contributed by atoms with Gasteiger partial charge in [-0.2, -0.15) is 5.10 Å². The van der Waals surface area contributed by atoms with Gasteiger partial charge in [-0.05, 0) is 36.1 Å². The summed E-state index contributed by atoms with van der Waals surface area (Å²) in [5, 5.41) is 15.2. The SMILES string of the molecule is Cn1ncc2c(F)cc(-c3cncc4c3COC3(CC3)C4O)cc21. The van der Waals surface area contributed by atoms with Crippen LogP contribution in [0.4, 0.5) is 4.39 Å². The second kappa shape index (κ2) is 4.62. The van der Waals surface area contributed by atoms with Crippen LogP contribution < -0.4 is 0 Å². The van der Waals surface area contributed by atoms with E-state index in [-0.39, 0.29) is 5.82 Å². The molecule has 6 heteroatoms. The smallest absolute Gasteiger partial charge is 0.134 e. The van der Waals surface area contributed by atoms with E-state index in [1.807, 2.05) is 6.07 Å². The van der Waals surface area contributed by atoms with Gasteiger partial charge in [-0.25, -0.2) is 4.39 Å². The van der Waals surface area contributed by atoms with Crippen LogP contribution >= 0.6 is 0 Å². The average molecular weight is 325 g/mol. The molecule has 1 saturated carbocycles. The highest BCUT2D eigenvalue weighted by molar-refractivity contribution is 5.85. The summed E-state index contributed by atoms with van der Waals surface area (Å²) in [6.07, 6.45) is 6.00. The number of rotatable bonds is 1. The van der Waals surface area contributed by atoms with Crippen LogP contribution in [-0.2, 0) is 18.4 Å². The van der Waals surface area contributed by atoms with Gasteiger partial charge in [0.1, 0.15) is 11.9 Å². The van der Waals surface area contributed by atoms with E-state index in [4.69, 9.17) is 4.74 Å². The van der Waals surface area contributed by atoms with E-state index in [1.165, 1.54) is 12.3 Å². The summed E-state index contributed by atoms with van der Waals surface area (Å²) < 4.78 is 22.0. The Hall–Kier alpha value is -2.31. The van der Waals surface area contributed by atoms with E-state index in [0.717, 1.165) is 40.6 Å². The van der Waals surface area contributed by atoms with Crippen molar-refractivity contribution in [3.05, 3.63) is 47.7 Å². The van der Waals surface area contributed by atoms with E-state index in [9.17, 15) is 9.50 Å². The lowest BCUT2D eigenvalue weighted by Crippen LogP contribution is -2.30. The maximum absolute atomic E-state index is 14.4. The molecule has 1 aromatic carbocycles. The second-order valence-corrected chi connectivity index (χ2v) is 6.67. The lowest BCUT2D eigenvalue weighted by molar-refractivity contribution is -0.0827. The largest absolute Gasteiger partial charge is 0.385 e. The number of aliphatic hydroxyl groups excluding tert-OH is 1. The van der Waals surface area contributed by atoms with Crippen molar-refractivity contribution in [3.8, 4) is 11.1 Å². The number of fused-ring (bicyclic) bond motifs is 2. The van der Waals surface area contributed by atoms with Gasteiger partial charge in [0.05, 0.1) is 29.3 Å². The van der Waals surface area contributed by atoms with Gasteiger partial charge in [-0.3, -0.25) is 9.67 Å². The van der Waals surface area contributed by atoms with E-state index in [1.54, 1.807) is 24.1 Å². The molecule has 5 nitrogen and oxygen atoms in total. The summed E-state index contributed by atoms with van der Waals surface area (Å²) in [4.78, 5) is 4.28. The lowest BCUT2D eigenvalue weighted by atomic mass is 9.91. The van der Waals surface area contributed by atoms with Gasteiger partial charge in [-0.1, -0.05) is 0 Å². The number of pyridine rings is 1. The lowest BCUT2D eigenvalue weighted by Gasteiger charge is -2.31. The van der Waals surface area contributed by atoms with Crippen molar-refractivity contribution < 1.29 is 14.2 Å². The Labute approximate surface area is 137 Å². The van der Waals surface area contributed by atoms with Gasteiger partial charge in [0.25, 0.3) is 0 Å². The average Bonchev–Trinajstić information content (AvgIpc) is 3.27. The molecule has 0 saturated heterocycles. The highest BCUT2D eigenvalue weighted by Crippen LogP contribution is 2.53. The topological polar surface area (TPSA) is 60.2 Å². The zero-order chi connectivity index (χ0) is 16.5. The van der Waals surface area contributed by atoms with Crippen LogP contribution in [0.1, 0.15) is 30.1 Å². The Morgan fingerprint density at radius 1 is 1.29 bits per heavy atom. The van der Waals surface area contributed by atoms with Crippen LogP contribution in [0.25, 0.3) is 22.0 Å². The molecule has 1 fully saturated rings. The minimum absolute atomic E-state index is 0.316. The van der Waals surface area contributed by atoms with Gasteiger partial charge in [0, 0.05) is 30.6 Å². The van der Waals surface area contributed by atoms with Crippen LogP contribution in [0.15, 0.2) is 30.7 Å². The maximum Gasteiger partial charge on any atom is 0.134 e. The Balaban J connectivity index is 1.71. The van der Waals surface area contributed by atoms with Crippen molar-refractivity contribution in [2.75, 3.05) is 0 Å². The fourth-order valence-corrected chi connectivity index (χ4v) is 3.63. The van der Waals surface area contributed by atoms with Gasteiger partial charge >= 0.3 is 0 Å². The molecule has 1 spiro atoms. The number of ether oxygens (including phenoxy) is 1. The predicted molar refractivity (Wildman–Crippen MR) is 85.6 cm³/mol. The van der Waals surface area contributed by atoms with Crippen LogP contribution in [0, 0.1) is 5.82 Å². The molecule has 1 atom stereocenters. The molecule has 3 heterocycles. The first-order chi connectivity index (χ1) is 11.6. The molecule has 1 N–H and O–H groups in total. The first-order valence-electron chi connectivity index (χ1n) is 7.99. The molecular formula is C18H16FN3O2. The zero-order valence-electron chi connectivity index (χ0n) is 13.2. The van der Waals surface area contributed by atoms with Crippen LogP contribution in [0.3, 0.4) is 0 Å². The Bertz CT molecular complexity index is 978. The van der Waals surface area contributed by atoms with Gasteiger partial charge in [0.15, 0.2) is 0 Å². The molecule has 3 aromatic rings. The molecule has 1 unspecified atom stereocenters. The summed E-state index contributed by atoms with van der Waals surface area (Å²) in [5.74, 6) is -0.316. The highest BCUT2D eigenvalue weighted by atomic mass is 19.1. The minimum Gasteiger partial charge on any atom is -0.385 e. The molecule has 24 heavy (non-hydrogen) atoms. The summed E-state index contributed by atoms with van der Waals surface area (Å²) in [5.41, 5.74) is 3.49. The first-order valence-corrected chi connectivity index (χ1v) is 7.99. The van der Waals surface area contributed by atoms with E-state index < -0.39 is 11.7 Å². The van der Waals surface area contributed by atoms with Crippen molar-refractivity contribution in [1.29, 1.82) is 0 Å². The number of aromatic nitrogens is 3. The molecule has 2 aromatic heterocycles. The quantitative estimate of drug-likeness (QED) is 0.747. The molecule has 5 rings (SSSR count). The summed E-state index contributed by atoms with van der Waals surface area (Å²) in [6.45, 7) is 0.412. The van der Waals surface area contributed by atoms with Crippen molar-refractivity contribution in [2.24, 2.45) is 7.05 Å². The number of aliphatic hydroxyl groups is 1. The van der Waals surface area contributed by atoms with Gasteiger partial charge in [-0.15, -0.1) is 0 Å². The van der Waals surface area contributed by atoms with E-state index in [2.05, 4.69) is 10.1 Å². The molecule has 2 aliphatic rings. The number of hydrogen-bond donors (Lipinski definition) is 1. The third-order valence-electron chi connectivity index (χ3n) is 5.26. The van der Waals surface area contributed by atoms with E-state index >= 15 is 0 Å². The third kappa shape index (κ3) is 1.81. The molecule has 0 bridgehead atoms. The Morgan fingerprint density at radius 3 is 2.92 bits per heavy atom. The van der Waals surface area contributed by atoms with Crippen molar-refractivity contribution >= 4 is 10.9 Å². The van der Waals surface area contributed by atoms with Crippen molar-refractivity contribution in [3.63, 3.8) is 0 Å². The number of halogens is 1. The van der Waals surface area contributed by atoms with Crippen LogP contribution in [0.2, 0.25) is 0 Å². The second-order valence-electron chi connectivity index (χ2n) is 6.67. The molecule has 122 valence electrons. The van der Waals surface area contributed by atoms with Crippen molar-refractivity contribution in [1.82, 2.24) is 14.8 Å².